The van der Waals surface area contributed by atoms with Gasteiger partial charge in [-0.1, -0.05) is 44.2 Å². The van der Waals surface area contributed by atoms with Crippen molar-refractivity contribution in [3.05, 3.63) is 76.4 Å². The van der Waals surface area contributed by atoms with Crippen molar-refractivity contribution in [2.45, 2.75) is 95.5 Å². The summed E-state index contributed by atoms with van der Waals surface area (Å²) < 4.78 is 23.9. The molecule has 5 aliphatic rings. The molecule has 5 fully saturated rings. The van der Waals surface area contributed by atoms with E-state index in [4.69, 9.17) is 18.6 Å². The van der Waals surface area contributed by atoms with E-state index in [0.29, 0.717) is 17.8 Å². The zero-order valence-corrected chi connectivity index (χ0v) is 24.6. The van der Waals surface area contributed by atoms with E-state index < -0.39 is 6.10 Å². The van der Waals surface area contributed by atoms with E-state index in [0.717, 1.165) is 56.1 Å². The summed E-state index contributed by atoms with van der Waals surface area (Å²) in [6, 6.07) is 13.1. The molecule has 42 heavy (non-hydrogen) atoms. The Morgan fingerprint density at radius 1 is 0.976 bits per heavy atom. The van der Waals surface area contributed by atoms with Crippen LogP contribution in [-0.4, -0.2) is 35.9 Å². The minimum absolute atomic E-state index is 0. The fraction of sp³-hybridized carbons (Fsp3) is 0.571. The zero-order chi connectivity index (χ0) is 29.3. The molecule has 1 aromatic heterocycles. The quantitative estimate of drug-likeness (QED) is 0.235. The molecule has 1 spiro atoms. The van der Waals surface area contributed by atoms with Gasteiger partial charge in [0, 0.05) is 31.8 Å². The highest BCUT2D eigenvalue weighted by molar-refractivity contribution is 5.87. The highest BCUT2D eigenvalue weighted by Crippen LogP contribution is 2.78. The predicted molar refractivity (Wildman–Crippen MR) is 157 cm³/mol. The molecule has 224 valence electrons. The van der Waals surface area contributed by atoms with E-state index in [1.54, 1.807) is 12.3 Å². The summed E-state index contributed by atoms with van der Waals surface area (Å²) in [5.74, 6) is 0.687. The molecule has 4 aliphatic carbocycles. The van der Waals surface area contributed by atoms with Crippen LogP contribution in [0.25, 0.3) is 6.08 Å². The van der Waals surface area contributed by atoms with Gasteiger partial charge in [0.25, 0.3) is 0 Å². The fourth-order valence-corrected chi connectivity index (χ4v) is 10.1. The number of benzene rings is 1. The lowest BCUT2D eigenvalue weighted by Crippen LogP contribution is -2.58. The van der Waals surface area contributed by atoms with E-state index in [-0.39, 0.29) is 53.5 Å². The first kappa shape index (κ1) is 27.6. The van der Waals surface area contributed by atoms with Crippen LogP contribution in [0.15, 0.2) is 64.0 Å². The lowest BCUT2D eigenvalue weighted by atomic mass is 9.44. The lowest BCUT2D eigenvalue weighted by Gasteiger charge is -2.61. The molecular weight excluding hydrogens is 532 g/mol. The molecule has 7 heteroatoms. The number of ether oxygens (including phenoxy) is 3. The van der Waals surface area contributed by atoms with Crippen molar-refractivity contribution in [2.24, 2.45) is 28.6 Å². The second-order valence-electron chi connectivity index (χ2n) is 13.8. The average Bonchev–Trinajstić information content (AvgIpc) is 3.68. The van der Waals surface area contributed by atoms with Gasteiger partial charge in [0.15, 0.2) is 0 Å². The summed E-state index contributed by atoms with van der Waals surface area (Å²) in [5.41, 5.74) is 1.06. The van der Waals surface area contributed by atoms with Crippen LogP contribution in [-0.2, 0) is 23.8 Å². The Morgan fingerprint density at radius 2 is 1.79 bits per heavy atom. The number of hydrogen-bond donors (Lipinski definition) is 0. The van der Waals surface area contributed by atoms with Crippen molar-refractivity contribution in [1.29, 1.82) is 0 Å². The summed E-state index contributed by atoms with van der Waals surface area (Å²) in [7, 11) is 0. The number of esters is 2. The molecule has 1 saturated heterocycles. The average molecular weight is 575 g/mol. The van der Waals surface area contributed by atoms with Gasteiger partial charge in [-0.3, -0.25) is 4.79 Å². The largest absolute Gasteiger partial charge is 0.459 e. The number of epoxide rings is 1. The molecule has 2 heterocycles. The molecule has 0 radical (unpaired) electrons. The third kappa shape index (κ3) is 4.14. The third-order valence-electron chi connectivity index (χ3n) is 11.9. The Labute approximate surface area is 248 Å². The maximum absolute atomic E-state index is 12.6. The summed E-state index contributed by atoms with van der Waals surface area (Å²) in [6.45, 7) is 6.22. The van der Waals surface area contributed by atoms with E-state index in [2.05, 4.69) is 13.8 Å². The highest BCUT2D eigenvalue weighted by atomic mass is 16.7. The molecule has 0 N–H and O–H groups in total. The van der Waals surface area contributed by atoms with Gasteiger partial charge in [-0.15, -0.1) is 0 Å². The van der Waals surface area contributed by atoms with Gasteiger partial charge >= 0.3 is 17.6 Å². The van der Waals surface area contributed by atoms with Gasteiger partial charge in [0.05, 0.1) is 6.26 Å². The number of hydrogen-bond acceptors (Lipinski definition) is 7. The molecular formula is C35H42O7. The second kappa shape index (κ2) is 9.94. The van der Waals surface area contributed by atoms with Crippen LogP contribution in [0.2, 0.25) is 0 Å². The lowest BCUT2D eigenvalue weighted by molar-refractivity contribution is -0.165. The van der Waals surface area contributed by atoms with Crippen molar-refractivity contribution < 1.29 is 29.6 Å². The van der Waals surface area contributed by atoms with Gasteiger partial charge in [-0.2, -0.15) is 0 Å². The Balaban J connectivity index is 0.00000329. The highest BCUT2D eigenvalue weighted by Gasteiger charge is 2.84. The predicted octanol–water partition coefficient (Wildman–Crippen LogP) is 6.31. The maximum Gasteiger partial charge on any atom is 0.335 e. The molecule has 0 amide bonds. The first-order chi connectivity index (χ1) is 20.2. The topological polar surface area (TPSA) is 95.3 Å². The van der Waals surface area contributed by atoms with Gasteiger partial charge in [-0.25, -0.2) is 9.59 Å². The second-order valence-corrected chi connectivity index (χ2v) is 13.8. The van der Waals surface area contributed by atoms with Crippen molar-refractivity contribution in [3.63, 3.8) is 0 Å². The minimum atomic E-state index is -0.399. The molecule has 10 atom stereocenters. The van der Waals surface area contributed by atoms with Gasteiger partial charge in [0.1, 0.15) is 23.9 Å². The molecule has 1 aromatic carbocycles. The molecule has 7 nitrogen and oxygen atoms in total. The number of carbonyl (C=O) groups excluding carboxylic acids is 2. The van der Waals surface area contributed by atoms with Crippen LogP contribution in [0.3, 0.4) is 0 Å². The zero-order valence-electron chi connectivity index (χ0n) is 24.6. The van der Waals surface area contributed by atoms with Crippen LogP contribution in [0.4, 0.5) is 0 Å². The first-order valence-electron chi connectivity index (χ1n) is 15.5. The van der Waals surface area contributed by atoms with E-state index in [9.17, 15) is 14.4 Å². The normalized spacial score (nSPS) is 41.6. The van der Waals surface area contributed by atoms with Crippen molar-refractivity contribution in [3.8, 4) is 0 Å². The van der Waals surface area contributed by atoms with Crippen LogP contribution in [0.5, 0.6) is 0 Å². The van der Waals surface area contributed by atoms with E-state index in [1.807, 2.05) is 42.5 Å². The van der Waals surface area contributed by atoms with Crippen molar-refractivity contribution in [1.82, 2.24) is 0 Å². The van der Waals surface area contributed by atoms with Gasteiger partial charge in [0.2, 0.25) is 0 Å². The van der Waals surface area contributed by atoms with Crippen LogP contribution in [0.1, 0.15) is 84.2 Å². The van der Waals surface area contributed by atoms with Crippen LogP contribution < -0.4 is 5.63 Å². The first-order valence-corrected chi connectivity index (χ1v) is 15.5. The molecule has 2 aromatic rings. The van der Waals surface area contributed by atoms with Crippen molar-refractivity contribution >= 4 is 18.0 Å². The summed E-state index contributed by atoms with van der Waals surface area (Å²) in [4.78, 5) is 36.7. The summed E-state index contributed by atoms with van der Waals surface area (Å²) in [5, 5.41) is 0. The number of rotatable bonds is 5. The van der Waals surface area contributed by atoms with E-state index in [1.165, 1.54) is 13.0 Å². The molecule has 0 bridgehead atoms. The Hall–Kier alpha value is -3.19. The standard InChI is InChI=1S/C35H40O7.H2/c1-21(36)40-31-30(23-10-14-28(37)39-20-23)34(3)18-16-26-27(35(34)32(31)42-35)12-11-24-19-25(15-17-33(24,26)2)41-29(38)13-9-22-7-5-4-6-8-22;/h4-10,13-14,20,24-27,30-32H,11-12,15-19H2,1-3H3;1H/b13-9+;/t24-,25+,26?,27-,30+,31-,32-,33+,34-,35-;/m1./s1. The van der Waals surface area contributed by atoms with Gasteiger partial charge < -0.3 is 18.6 Å². The minimum Gasteiger partial charge on any atom is -0.459 e. The fourth-order valence-electron chi connectivity index (χ4n) is 10.1. The Bertz CT molecular complexity index is 1450. The molecule has 7 rings (SSSR count). The number of carbonyl (C=O) groups is 2. The smallest absolute Gasteiger partial charge is 0.335 e. The van der Waals surface area contributed by atoms with Crippen LogP contribution in [0, 0.1) is 28.6 Å². The van der Waals surface area contributed by atoms with E-state index >= 15 is 0 Å². The SMILES string of the molecule is CC(=O)O[C@H]1[C@H]2O[C@]23[C@@H]2CC[C@@H]4C[C@@H](OC(=O)/C=C/c5ccccc5)CC[C@]4(C)C2CC[C@]3(C)[C@H]1c1ccc(=O)oc1.[HH]. The molecule has 1 unspecified atom stereocenters. The Morgan fingerprint density at radius 3 is 2.52 bits per heavy atom. The number of fused-ring (bicyclic) bond motifs is 3. The summed E-state index contributed by atoms with van der Waals surface area (Å²) >= 11 is 0. The third-order valence-corrected chi connectivity index (χ3v) is 11.9. The molecule has 4 saturated carbocycles. The Kier molecular flexibility index (Phi) is 6.54. The van der Waals surface area contributed by atoms with Crippen molar-refractivity contribution in [2.75, 3.05) is 0 Å². The van der Waals surface area contributed by atoms with Crippen LogP contribution >= 0.6 is 0 Å². The molecule has 1 aliphatic heterocycles. The summed E-state index contributed by atoms with van der Waals surface area (Å²) in [6.07, 6.45) is 11.3. The monoisotopic (exact) mass is 574 g/mol. The maximum atomic E-state index is 12.6. The van der Waals surface area contributed by atoms with Gasteiger partial charge in [-0.05, 0) is 91.4 Å².